The van der Waals surface area contributed by atoms with Crippen LogP contribution in [-0.2, 0) is 6.42 Å². The summed E-state index contributed by atoms with van der Waals surface area (Å²) in [6.45, 7) is 4.37. The summed E-state index contributed by atoms with van der Waals surface area (Å²) in [5.41, 5.74) is 10.6. The van der Waals surface area contributed by atoms with Crippen LogP contribution in [0.25, 0.3) is 24.3 Å². The zero-order valence-electron chi connectivity index (χ0n) is 27.1. The second-order valence-corrected chi connectivity index (χ2v) is 11.4. The summed E-state index contributed by atoms with van der Waals surface area (Å²) in [4.78, 5) is 2.30. The van der Waals surface area contributed by atoms with E-state index in [0.29, 0.717) is 0 Å². The Bertz CT molecular complexity index is 1790. The first kappa shape index (κ1) is 32.1. The molecule has 0 aromatic heterocycles. The Balaban J connectivity index is 1.33. The predicted molar refractivity (Wildman–Crippen MR) is 200 cm³/mol. The number of nitrogens with zero attached hydrogens (tertiary/aromatic N) is 1. The van der Waals surface area contributed by atoms with Gasteiger partial charge >= 0.3 is 0 Å². The number of methoxy groups -OCH3 is 1. The van der Waals surface area contributed by atoms with Gasteiger partial charge in [0.15, 0.2) is 0 Å². The van der Waals surface area contributed by atoms with Crippen LogP contribution in [-0.4, -0.2) is 7.11 Å². The third-order valence-electron chi connectivity index (χ3n) is 7.89. The van der Waals surface area contributed by atoms with Gasteiger partial charge in [-0.25, -0.2) is 0 Å². The Hall–Kier alpha value is -5.34. The summed E-state index contributed by atoms with van der Waals surface area (Å²) in [6.07, 6.45) is 20.5. The van der Waals surface area contributed by atoms with Crippen LogP contribution in [0.2, 0.25) is 0 Å². The summed E-state index contributed by atoms with van der Waals surface area (Å²) < 4.78 is 5.50. The van der Waals surface area contributed by atoms with E-state index in [1.165, 1.54) is 29.5 Å². The van der Waals surface area contributed by atoms with E-state index in [1.807, 2.05) is 12.1 Å². The van der Waals surface area contributed by atoms with Gasteiger partial charge in [-0.1, -0.05) is 141 Å². The van der Waals surface area contributed by atoms with Crippen molar-refractivity contribution in [1.29, 1.82) is 0 Å². The van der Waals surface area contributed by atoms with Crippen LogP contribution in [0.5, 0.6) is 5.75 Å². The van der Waals surface area contributed by atoms with Gasteiger partial charge in [0.05, 0.1) is 7.11 Å². The highest BCUT2D eigenvalue weighted by atomic mass is 16.5. The van der Waals surface area contributed by atoms with Gasteiger partial charge in [-0.2, -0.15) is 0 Å². The minimum Gasteiger partial charge on any atom is -0.497 e. The van der Waals surface area contributed by atoms with Gasteiger partial charge in [-0.15, -0.1) is 0 Å². The Morgan fingerprint density at radius 3 is 1.65 bits per heavy atom. The van der Waals surface area contributed by atoms with Crippen molar-refractivity contribution >= 4 is 41.4 Å². The third kappa shape index (κ3) is 9.09. The molecule has 0 saturated carbocycles. The molecule has 5 aromatic rings. The Kier molecular flexibility index (Phi) is 11.6. The zero-order chi connectivity index (χ0) is 32.0. The molecule has 0 bridgehead atoms. The van der Waals surface area contributed by atoms with E-state index in [2.05, 4.69) is 177 Å². The summed E-state index contributed by atoms with van der Waals surface area (Å²) in [5.74, 6) is 0.853. The van der Waals surface area contributed by atoms with Gasteiger partial charge in [-0.05, 0) is 95.6 Å². The van der Waals surface area contributed by atoms with E-state index in [4.69, 9.17) is 4.74 Å². The van der Waals surface area contributed by atoms with Crippen LogP contribution in [0.1, 0.15) is 53.1 Å². The third-order valence-corrected chi connectivity index (χ3v) is 7.89. The van der Waals surface area contributed by atoms with Crippen LogP contribution in [0.3, 0.4) is 0 Å². The molecule has 0 amide bonds. The fraction of sp³-hybridized carbons (Fsp3) is 0.136. The number of allylic oxidation sites excluding steroid dienone is 4. The normalized spacial score (nSPS) is 11.7. The maximum Gasteiger partial charge on any atom is 0.119 e. The van der Waals surface area contributed by atoms with E-state index < -0.39 is 0 Å². The molecule has 0 spiro atoms. The molecule has 0 aliphatic rings. The molecule has 0 radical (unpaired) electrons. The highest BCUT2D eigenvalue weighted by Gasteiger charge is 2.15. The summed E-state index contributed by atoms with van der Waals surface area (Å²) in [7, 11) is 1.71. The van der Waals surface area contributed by atoms with Gasteiger partial charge in [0, 0.05) is 17.1 Å². The minimum absolute atomic E-state index is 0.853. The Morgan fingerprint density at radius 1 is 0.565 bits per heavy atom. The van der Waals surface area contributed by atoms with E-state index in [-0.39, 0.29) is 0 Å². The molecule has 0 aliphatic heterocycles. The van der Waals surface area contributed by atoms with Gasteiger partial charge < -0.3 is 9.64 Å². The van der Waals surface area contributed by atoms with Gasteiger partial charge in [0.1, 0.15) is 5.75 Å². The van der Waals surface area contributed by atoms with E-state index in [9.17, 15) is 0 Å². The summed E-state index contributed by atoms with van der Waals surface area (Å²) in [6, 6.07) is 42.8. The number of hydrogen-bond acceptors (Lipinski definition) is 2. The lowest BCUT2D eigenvalue weighted by atomic mass is 10.1. The van der Waals surface area contributed by atoms with Crippen LogP contribution in [0, 0.1) is 6.92 Å². The lowest BCUT2D eigenvalue weighted by Gasteiger charge is -2.27. The van der Waals surface area contributed by atoms with Crippen molar-refractivity contribution in [1.82, 2.24) is 0 Å². The lowest BCUT2D eigenvalue weighted by molar-refractivity contribution is 0.414. The average Bonchev–Trinajstić information content (AvgIpc) is 3.10. The van der Waals surface area contributed by atoms with E-state index in [0.717, 1.165) is 45.9 Å². The minimum atomic E-state index is 0.853. The first-order valence-corrected chi connectivity index (χ1v) is 16.1. The second kappa shape index (κ2) is 16.7. The molecule has 5 rings (SSSR count). The van der Waals surface area contributed by atoms with E-state index in [1.54, 1.807) is 7.11 Å². The quantitative estimate of drug-likeness (QED) is 0.124. The lowest BCUT2D eigenvalue weighted by Crippen LogP contribution is -2.11. The summed E-state index contributed by atoms with van der Waals surface area (Å²) >= 11 is 0. The van der Waals surface area contributed by atoms with Crippen molar-refractivity contribution in [2.45, 2.75) is 33.1 Å². The fourth-order valence-electron chi connectivity index (χ4n) is 5.37. The maximum absolute atomic E-state index is 5.50. The smallest absolute Gasteiger partial charge is 0.119 e. The van der Waals surface area contributed by atoms with Crippen molar-refractivity contribution in [2.75, 3.05) is 12.0 Å². The molecular weight excluding hydrogens is 558 g/mol. The molecule has 0 aliphatic carbocycles. The SMILES string of the molecule is CCCCc1cccc(C=CC=Cc2ccc(N(c3ccc(C=CC=Cc4ccccc4)cc3)c3ccc(OC)cc3C)cc2)c1. The van der Waals surface area contributed by atoms with Crippen molar-refractivity contribution in [2.24, 2.45) is 0 Å². The van der Waals surface area contributed by atoms with Gasteiger partial charge in [0.2, 0.25) is 0 Å². The number of unbranched alkanes of at least 4 members (excludes halogenated alkanes) is 1. The average molecular weight is 602 g/mol. The van der Waals surface area contributed by atoms with Crippen LogP contribution >= 0.6 is 0 Å². The number of rotatable bonds is 13. The number of hydrogen-bond donors (Lipinski definition) is 0. The van der Waals surface area contributed by atoms with Gasteiger partial charge in [0.25, 0.3) is 0 Å². The highest BCUT2D eigenvalue weighted by Crippen LogP contribution is 2.38. The number of ether oxygens (including phenoxy) is 1. The Morgan fingerprint density at radius 2 is 1.11 bits per heavy atom. The number of aryl methyl sites for hydroxylation is 2. The number of benzene rings is 5. The van der Waals surface area contributed by atoms with Crippen molar-refractivity contribution in [3.8, 4) is 5.75 Å². The molecule has 2 nitrogen and oxygen atoms in total. The topological polar surface area (TPSA) is 12.5 Å². The standard InChI is InChI=1S/C44H43NO/c1-4-5-14-39-21-13-22-40(34-39)20-12-11-19-38-25-29-42(30-26-38)45(44-32-31-43(46-3)33-35(44)2)41-27-23-37(24-28-41)18-10-9-17-36-15-7-6-8-16-36/h6-13,15-34H,4-5,14H2,1-3H3. The van der Waals surface area contributed by atoms with Crippen LogP contribution in [0.15, 0.2) is 146 Å². The number of anilines is 3. The molecule has 0 N–H and O–H groups in total. The largest absolute Gasteiger partial charge is 0.497 e. The molecule has 46 heavy (non-hydrogen) atoms. The molecule has 5 aromatic carbocycles. The predicted octanol–water partition coefficient (Wildman–Crippen LogP) is 12.3. The Labute approximate surface area is 275 Å². The molecule has 0 atom stereocenters. The van der Waals surface area contributed by atoms with Crippen molar-refractivity contribution in [3.63, 3.8) is 0 Å². The maximum atomic E-state index is 5.50. The van der Waals surface area contributed by atoms with Crippen molar-refractivity contribution in [3.05, 3.63) is 179 Å². The zero-order valence-corrected chi connectivity index (χ0v) is 27.1. The molecule has 0 unspecified atom stereocenters. The molecule has 0 saturated heterocycles. The highest BCUT2D eigenvalue weighted by molar-refractivity contribution is 5.80. The first-order valence-electron chi connectivity index (χ1n) is 16.1. The fourth-order valence-corrected chi connectivity index (χ4v) is 5.37. The van der Waals surface area contributed by atoms with Crippen molar-refractivity contribution < 1.29 is 4.74 Å². The molecular formula is C44H43NO. The van der Waals surface area contributed by atoms with Gasteiger partial charge in [-0.3, -0.25) is 0 Å². The first-order chi connectivity index (χ1) is 22.6. The van der Waals surface area contributed by atoms with Crippen LogP contribution in [0.4, 0.5) is 17.1 Å². The molecule has 0 fully saturated rings. The van der Waals surface area contributed by atoms with Crippen LogP contribution < -0.4 is 9.64 Å². The molecule has 2 heteroatoms. The summed E-state index contributed by atoms with van der Waals surface area (Å²) in [5, 5.41) is 0. The molecule has 230 valence electrons. The molecule has 0 heterocycles. The monoisotopic (exact) mass is 601 g/mol. The van der Waals surface area contributed by atoms with E-state index >= 15 is 0 Å². The second-order valence-electron chi connectivity index (χ2n) is 11.4.